The molecular formula is C39H25N3S. The highest BCUT2D eigenvalue weighted by Crippen LogP contribution is 2.39. The Morgan fingerprint density at radius 2 is 0.837 bits per heavy atom. The van der Waals surface area contributed by atoms with Crippen LogP contribution >= 0.6 is 11.3 Å². The van der Waals surface area contributed by atoms with Gasteiger partial charge in [-0.15, -0.1) is 11.3 Å². The summed E-state index contributed by atoms with van der Waals surface area (Å²) in [7, 11) is 0. The first-order valence-corrected chi connectivity index (χ1v) is 15.1. The van der Waals surface area contributed by atoms with Gasteiger partial charge in [0.05, 0.1) is 0 Å². The van der Waals surface area contributed by atoms with E-state index >= 15 is 0 Å². The van der Waals surface area contributed by atoms with Crippen molar-refractivity contribution in [2.75, 3.05) is 0 Å². The molecular weight excluding hydrogens is 543 g/mol. The fourth-order valence-electron chi connectivity index (χ4n) is 5.61. The summed E-state index contributed by atoms with van der Waals surface area (Å²) < 4.78 is 2.44. The molecule has 202 valence electrons. The van der Waals surface area contributed by atoms with Gasteiger partial charge >= 0.3 is 0 Å². The predicted octanol–water partition coefficient (Wildman–Crippen LogP) is 10.6. The molecule has 0 aliphatic carbocycles. The largest absolute Gasteiger partial charge is 0.208 e. The zero-order valence-corrected chi connectivity index (χ0v) is 24.0. The van der Waals surface area contributed by atoms with Crippen molar-refractivity contribution in [3.05, 3.63) is 152 Å². The molecule has 0 saturated heterocycles. The van der Waals surface area contributed by atoms with Crippen LogP contribution in [0.25, 0.3) is 76.6 Å². The van der Waals surface area contributed by atoms with Crippen LogP contribution in [0.2, 0.25) is 0 Å². The van der Waals surface area contributed by atoms with E-state index in [9.17, 15) is 0 Å². The first-order chi connectivity index (χ1) is 21.3. The van der Waals surface area contributed by atoms with Crippen molar-refractivity contribution in [2.45, 2.75) is 0 Å². The summed E-state index contributed by atoms with van der Waals surface area (Å²) in [5, 5.41) is 2.48. The number of fused-ring (bicyclic) bond motifs is 3. The van der Waals surface area contributed by atoms with Crippen LogP contribution in [0.4, 0.5) is 0 Å². The molecule has 3 nitrogen and oxygen atoms in total. The second-order valence-corrected chi connectivity index (χ2v) is 11.5. The molecule has 0 amide bonds. The summed E-state index contributed by atoms with van der Waals surface area (Å²) in [6.45, 7) is 0. The third-order valence-electron chi connectivity index (χ3n) is 7.74. The van der Waals surface area contributed by atoms with Crippen LogP contribution in [-0.2, 0) is 0 Å². The molecule has 0 radical (unpaired) electrons. The van der Waals surface area contributed by atoms with Crippen LogP contribution < -0.4 is 0 Å². The maximum Gasteiger partial charge on any atom is 0.165 e. The summed E-state index contributed by atoms with van der Waals surface area (Å²) >= 11 is 1.79. The lowest BCUT2D eigenvalue weighted by Gasteiger charge is -2.11. The molecule has 0 atom stereocenters. The van der Waals surface area contributed by atoms with Crippen LogP contribution in [-0.4, -0.2) is 15.0 Å². The third kappa shape index (κ3) is 4.78. The Bertz CT molecular complexity index is 2240. The minimum atomic E-state index is 0.656. The highest BCUT2D eigenvalue weighted by atomic mass is 32.1. The monoisotopic (exact) mass is 567 g/mol. The number of hydrogen-bond donors (Lipinski definition) is 0. The number of hydrogen-bond acceptors (Lipinski definition) is 4. The number of aromatic nitrogens is 3. The second kappa shape index (κ2) is 10.8. The molecule has 0 aliphatic heterocycles. The standard InChI is InChI=1S/C39H25N3S/c1-3-12-26(13-4-1)28-16-9-17-29(24-28)30-18-10-19-31(25-30)38-40-37(27-14-5-2-6-15-27)41-39(42-38)34-22-11-21-33-32-20-7-8-23-35(32)43-36(33)34/h1-25H. The molecule has 8 aromatic rings. The summed E-state index contributed by atoms with van der Waals surface area (Å²) in [5.74, 6) is 2.00. The molecule has 2 aromatic heterocycles. The van der Waals surface area contributed by atoms with E-state index in [0.29, 0.717) is 17.5 Å². The molecule has 2 heterocycles. The molecule has 6 aromatic carbocycles. The van der Waals surface area contributed by atoms with E-state index < -0.39 is 0 Å². The van der Waals surface area contributed by atoms with Gasteiger partial charge in [-0.1, -0.05) is 127 Å². The SMILES string of the molecule is c1ccc(-c2cccc(-c3cccc(-c4nc(-c5ccccc5)nc(-c5cccc6c5sc5ccccc56)n4)c3)c2)cc1. The van der Waals surface area contributed by atoms with Gasteiger partial charge in [-0.25, -0.2) is 15.0 Å². The zero-order valence-electron chi connectivity index (χ0n) is 23.2. The lowest BCUT2D eigenvalue weighted by Crippen LogP contribution is -2.00. The number of thiophene rings is 1. The van der Waals surface area contributed by atoms with Gasteiger partial charge in [0, 0.05) is 36.9 Å². The highest BCUT2D eigenvalue weighted by molar-refractivity contribution is 7.26. The van der Waals surface area contributed by atoms with E-state index in [0.717, 1.165) is 27.8 Å². The van der Waals surface area contributed by atoms with E-state index in [1.54, 1.807) is 11.3 Å². The van der Waals surface area contributed by atoms with Gasteiger partial charge in [-0.2, -0.15) is 0 Å². The Labute approximate surface area is 253 Å². The van der Waals surface area contributed by atoms with Crippen molar-refractivity contribution >= 4 is 31.5 Å². The van der Waals surface area contributed by atoms with Crippen LogP contribution in [0.15, 0.2) is 152 Å². The summed E-state index contributed by atoms with van der Waals surface area (Å²) in [4.78, 5) is 15.1. The van der Waals surface area contributed by atoms with Gasteiger partial charge < -0.3 is 0 Å². The van der Waals surface area contributed by atoms with E-state index in [2.05, 4.69) is 127 Å². The summed E-state index contributed by atoms with van der Waals surface area (Å²) in [6.07, 6.45) is 0. The van der Waals surface area contributed by atoms with Crippen molar-refractivity contribution < 1.29 is 0 Å². The van der Waals surface area contributed by atoms with E-state index in [1.807, 2.05) is 24.3 Å². The van der Waals surface area contributed by atoms with Crippen LogP contribution in [0.1, 0.15) is 0 Å². The third-order valence-corrected chi connectivity index (χ3v) is 8.96. The normalized spacial score (nSPS) is 11.3. The Morgan fingerprint density at radius 3 is 1.58 bits per heavy atom. The maximum atomic E-state index is 5.10. The molecule has 0 saturated carbocycles. The molecule has 4 heteroatoms. The molecule has 0 fully saturated rings. The topological polar surface area (TPSA) is 38.7 Å². The van der Waals surface area contributed by atoms with Crippen molar-refractivity contribution in [3.8, 4) is 56.4 Å². The minimum absolute atomic E-state index is 0.656. The number of rotatable bonds is 5. The highest BCUT2D eigenvalue weighted by Gasteiger charge is 2.16. The van der Waals surface area contributed by atoms with E-state index in [1.165, 1.54) is 31.3 Å². The Morgan fingerprint density at radius 1 is 0.349 bits per heavy atom. The molecule has 0 spiro atoms. The quantitative estimate of drug-likeness (QED) is 0.208. The Kier molecular flexibility index (Phi) is 6.32. The molecule has 0 unspecified atom stereocenters. The fraction of sp³-hybridized carbons (Fsp3) is 0. The summed E-state index contributed by atoms with van der Waals surface area (Å²) in [6, 6.07) is 52.7. The van der Waals surface area contributed by atoms with E-state index in [-0.39, 0.29) is 0 Å². The van der Waals surface area contributed by atoms with Gasteiger partial charge in [-0.3, -0.25) is 0 Å². The average Bonchev–Trinajstić information content (AvgIpc) is 3.48. The number of benzene rings is 6. The lowest BCUT2D eigenvalue weighted by molar-refractivity contribution is 1.08. The van der Waals surface area contributed by atoms with Crippen molar-refractivity contribution in [1.82, 2.24) is 15.0 Å². The number of nitrogens with zero attached hydrogens (tertiary/aromatic N) is 3. The predicted molar refractivity (Wildman–Crippen MR) is 180 cm³/mol. The molecule has 0 aliphatic rings. The van der Waals surface area contributed by atoms with E-state index in [4.69, 9.17) is 15.0 Å². The lowest BCUT2D eigenvalue weighted by atomic mass is 9.98. The molecule has 0 bridgehead atoms. The minimum Gasteiger partial charge on any atom is -0.208 e. The average molecular weight is 568 g/mol. The van der Waals surface area contributed by atoms with Gasteiger partial charge in [0.2, 0.25) is 0 Å². The smallest absolute Gasteiger partial charge is 0.165 e. The van der Waals surface area contributed by atoms with Gasteiger partial charge in [0.25, 0.3) is 0 Å². The van der Waals surface area contributed by atoms with Crippen molar-refractivity contribution in [2.24, 2.45) is 0 Å². The van der Waals surface area contributed by atoms with Crippen LogP contribution in [0.5, 0.6) is 0 Å². The molecule has 0 N–H and O–H groups in total. The second-order valence-electron chi connectivity index (χ2n) is 10.5. The summed E-state index contributed by atoms with van der Waals surface area (Å²) in [5.41, 5.74) is 7.58. The van der Waals surface area contributed by atoms with Crippen molar-refractivity contribution in [3.63, 3.8) is 0 Å². The van der Waals surface area contributed by atoms with Gasteiger partial charge in [0.1, 0.15) is 0 Å². The Balaban J connectivity index is 1.28. The van der Waals surface area contributed by atoms with Crippen LogP contribution in [0, 0.1) is 0 Å². The first-order valence-electron chi connectivity index (χ1n) is 14.3. The Hall–Kier alpha value is -5.45. The molecule has 8 rings (SSSR count). The fourth-order valence-corrected chi connectivity index (χ4v) is 6.82. The van der Waals surface area contributed by atoms with Crippen molar-refractivity contribution in [1.29, 1.82) is 0 Å². The zero-order chi connectivity index (χ0) is 28.6. The maximum absolute atomic E-state index is 5.10. The van der Waals surface area contributed by atoms with Gasteiger partial charge in [0.15, 0.2) is 17.5 Å². The first kappa shape index (κ1) is 25.3. The van der Waals surface area contributed by atoms with Gasteiger partial charge in [-0.05, 0) is 46.5 Å². The van der Waals surface area contributed by atoms with Crippen LogP contribution in [0.3, 0.4) is 0 Å². The molecule has 43 heavy (non-hydrogen) atoms.